The van der Waals surface area contributed by atoms with E-state index in [1.165, 1.54) is 18.2 Å². The molecular weight excluding hydrogens is 211 g/mol. The van der Waals surface area contributed by atoms with Gasteiger partial charge in [0.1, 0.15) is 5.69 Å². The second-order valence-corrected chi connectivity index (χ2v) is 3.62. The summed E-state index contributed by atoms with van der Waals surface area (Å²) in [6, 6.07) is 4.12. The van der Waals surface area contributed by atoms with Crippen molar-refractivity contribution in [3.63, 3.8) is 0 Å². The molecule has 0 radical (unpaired) electrons. The van der Waals surface area contributed by atoms with Crippen LogP contribution in [-0.2, 0) is 4.74 Å². The summed E-state index contributed by atoms with van der Waals surface area (Å²) in [4.78, 5) is 15.0. The molecule has 0 aliphatic carbocycles. The summed E-state index contributed by atoms with van der Waals surface area (Å²) in [5, 5.41) is 2.66. The average molecular weight is 226 g/mol. The molecule has 1 rings (SSSR count). The summed E-state index contributed by atoms with van der Waals surface area (Å²) in [5.41, 5.74) is 0.0876. The molecule has 1 aromatic heterocycles. The van der Waals surface area contributed by atoms with Crippen LogP contribution in [0.3, 0.4) is 0 Å². The van der Waals surface area contributed by atoms with Crippen LogP contribution in [0.4, 0.5) is 4.39 Å². The molecule has 0 saturated carbocycles. The minimum atomic E-state index is -0.655. The second-order valence-electron chi connectivity index (χ2n) is 3.62. The third-order valence-electron chi connectivity index (χ3n) is 2.01. The molecule has 1 N–H and O–H groups in total. The highest BCUT2D eigenvalue weighted by Crippen LogP contribution is 1.98. The molecule has 88 valence electrons. The third-order valence-corrected chi connectivity index (χ3v) is 2.01. The Balaban J connectivity index is 2.47. The van der Waals surface area contributed by atoms with Crippen LogP contribution in [-0.4, -0.2) is 31.2 Å². The Kier molecular flexibility index (Phi) is 4.85. The van der Waals surface area contributed by atoms with Gasteiger partial charge in [0.25, 0.3) is 5.91 Å². The smallest absolute Gasteiger partial charge is 0.270 e. The minimum Gasteiger partial charge on any atom is -0.384 e. The number of halogens is 1. The molecule has 1 unspecified atom stereocenters. The van der Waals surface area contributed by atoms with Gasteiger partial charge in [-0.25, -0.2) is 4.98 Å². The summed E-state index contributed by atoms with van der Waals surface area (Å²) in [5.74, 6) is -0.817. The van der Waals surface area contributed by atoms with Gasteiger partial charge in [-0.1, -0.05) is 13.0 Å². The van der Waals surface area contributed by atoms with Gasteiger partial charge < -0.3 is 10.1 Å². The maximum atomic E-state index is 12.7. The fraction of sp³-hybridized carbons (Fsp3) is 0.455. The van der Waals surface area contributed by atoms with Crippen molar-refractivity contribution in [2.24, 2.45) is 5.92 Å². The SMILES string of the molecule is COCC(C)CNC(=O)c1cccc(F)n1. The lowest BCUT2D eigenvalue weighted by Crippen LogP contribution is -2.30. The first kappa shape index (κ1) is 12.6. The summed E-state index contributed by atoms with van der Waals surface area (Å²) < 4.78 is 17.7. The first-order valence-electron chi connectivity index (χ1n) is 5.03. The Morgan fingerprint density at radius 2 is 2.38 bits per heavy atom. The first-order valence-corrected chi connectivity index (χ1v) is 5.03. The van der Waals surface area contributed by atoms with Gasteiger partial charge in [-0.2, -0.15) is 4.39 Å². The van der Waals surface area contributed by atoms with Crippen LogP contribution >= 0.6 is 0 Å². The van der Waals surface area contributed by atoms with E-state index in [-0.39, 0.29) is 17.5 Å². The summed E-state index contributed by atoms with van der Waals surface area (Å²) >= 11 is 0. The molecular formula is C11H15FN2O2. The highest BCUT2D eigenvalue weighted by Gasteiger charge is 2.09. The van der Waals surface area contributed by atoms with Crippen molar-refractivity contribution in [3.05, 3.63) is 29.8 Å². The number of hydrogen-bond donors (Lipinski definition) is 1. The average Bonchev–Trinajstić information content (AvgIpc) is 2.26. The fourth-order valence-corrected chi connectivity index (χ4v) is 1.24. The number of nitrogens with one attached hydrogen (secondary N) is 1. The molecule has 0 spiro atoms. The van der Waals surface area contributed by atoms with Gasteiger partial charge in [0.05, 0.1) is 6.61 Å². The predicted octanol–water partition coefficient (Wildman–Crippen LogP) is 1.23. The quantitative estimate of drug-likeness (QED) is 0.768. The molecule has 4 nitrogen and oxygen atoms in total. The zero-order valence-electron chi connectivity index (χ0n) is 9.37. The number of aromatic nitrogens is 1. The Hall–Kier alpha value is -1.49. The van der Waals surface area contributed by atoms with Crippen LogP contribution in [0.5, 0.6) is 0 Å². The van der Waals surface area contributed by atoms with E-state index >= 15 is 0 Å². The Bertz CT molecular complexity index is 358. The molecule has 0 saturated heterocycles. The zero-order chi connectivity index (χ0) is 12.0. The lowest BCUT2D eigenvalue weighted by molar-refractivity contribution is 0.0928. The van der Waals surface area contributed by atoms with Crippen molar-refractivity contribution in [2.75, 3.05) is 20.3 Å². The molecule has 1 heterocycles. The summed E-state index contributed by atoms with van der Waals surface area (Å²) in [7, 11) is 1.60. The van der Waals surface area contributed by atoms with Gasteiger partial charge in [-0.15, -0.1) is 0 Å². The number of methoxy groups -OCH3 is 1. The van der Waals surface area contributed by atoms with E-state index in [0.29, 0.717) is 13.2 Å². The monoisotopic (exact) mass is 226 g/mol. The number of carbonyl (C=O) groups excluding carboxylic acids is 1. The van der Waals surface area contributed by atoms with E-state index in [0.717, 1.165) is 0 Å². The molecule has 1 atom stereocenters. The van der Waals surface area contributed by atoms with Crippen LogP contribution in [0.15, 0.2) is 18.2 Å². The van der Waals surface area contributed by atoms with Gasteiger partial charge >= 0.3 is 0 Å². The number of ether oxygens (including phenoxy) is 1. The van der Waals surface area contributed by atoms with E-state index in [1.54, 1.807) is 7.11 Å². The number of amides is 1. The molecule has 1 aromatic rings. The van der Waals surface area contributed by atoms with Crippen molar-refractivity contribution in [3.8, 4) is 0 Å². The standard InChI is InChI=1S/C11H15FN2O2/c1-8(7-16-2)6-13-11(15)9-4-3-5-10(12)14-9/h3-5,8H,6-7H2,1-2H3,(H,13,15). The van der Waals surface area contributed by atoms with Crippen LogP contribution in [0.1, 0.15) is 17.4 Å². The molecule has 0 fully saturated rings. The third kappa shape index (κ3) is 3.94. The van der Waals surface area contributed by atoms with E-state index in [1.807, 2.05) is 6.92 Å². The number of nitrogens with zero attached hydrogens (tertiary/aromatic N) is 1. The fourth-order valence-electron chi connectivity index (χ4n) is 1.24. The van der Waals surface area contributed by atoms with Crippen molar-refractivity contribution < 1.29 is 13.9 Å². The van der Waals surface area contributed by atoms with Gasteiger partial charge in [0.15, 0.2) is 0 Å². The Labute approximate surface area is 93.8 Å². The highest BCUT2D eigenvalue weighted by molar-refractivity contribution is 5.92. The van der Waals surface area contributed by atoms with E-state index < -0.39 is 5.95 Å². The molecule has 0 aliphatic rings. The van der Waals surface area contributed by atoms with Crippen molar-refractivity contribution in [2.45, 2.75) is 6.92 Å². The highest BCUT2D eigenvalue weighted by atomic mass is 19.1. The molecule has 1 amide bonds. The zero-order valence-corrected chi connectivity index (χ0v) is 9.37. The van der Waals surface area contributed by atoms with Gasteiger partial charge in [-0.05, 0) is 18.1 Å². The van der Waals surface area contributed by atoms with Crippen LogP contribution in [0.25, 0.3) is 0 Å². The maximum absolute atomic E-state index is 12.7. The lowest BCUT2D eigenvalue weighted by atomic mass is 10.2. The minimum absolute atomic E-state index is 0.0876. The Morgan fingerprint density at radius 3 is 3.00 bits per heavy atom. The molecule has 0 bridgehead atoms. The van der Waals surface area contributed by atoms with Crippen LogP contribution in [0.2, 0.25) is 0 Å². The van der Waals surface area contributed by atoms with Crippen LogP contribution < -0.4 is 5.32 Å². The van der Waals surface area contributed by atoms with Crippen molar-refractivity contribution >= 4 is 5.91 Å². The largest absolute Gasteiger partial charge is 0.384 e. The van der Waals surface area contributed by atoms with Crippen molar-refractivity contribution in [1.29, 1.82) is 0 Å². The van der Waals surface area contributed by atoms with E-state index in [9.17, 15) is 9.18 Å². The topological polar surface area (TPSA) is 51.2 Å². The maximum Gasteiger partial charge on any atom is 0.270 e. The van der Waals surface area contributed by atoms with Crippen molar-refractivity contribution in [1.82, 2.24) is 10.3 Å². The van der Waals surface area contributed by atoms with Gasteiger partial charge in [0, 0.05) is 13.7 Å². The molecule has 5 heteroatoms. The number of carbonyl (C=O) groups is 1. The predicted molar refractivity (Wildman–Crippen MR) is 57.6 cm³/mol. The Morgan fingerprint density at radius 1 is 1.62 bits per heavy atom. The number of pyridine rings is 1. The van der Waals surface area contributed by atoms with Gasteiger partial charge in [-0.3, -0.25) is 4.79 Å². The normalized spacial score (nSPS) is 12.2. The first-order chi connectivity index (χ1) is 7.63. The lowest BCUT2D eigenvalue weighted by Gasteiger charge is -2.10. The van der Waals surface area contributed by atoms with E-state index in [2.05, 4.69) is 10.3 Å². The van der Waals surface area contributed by atoms with Crippen LogP contribution in [0, 0.1) is 11.9 Å². The second kappa shape index (κ2) is 6.17. The van der Waals surface area contributed by atoms with E-state index in [4.69, 9.17) is 4.74 Å². The molecule has 0 aliphatic heterocycles. The summed E-state index contributed by atoms with van der Waals surface area (Å²) in [6.45, 7) is 2.99. The number of hydrogen-bond acceptors (Lipinski definition) is 3. The number of rotatable bonds is 5. The summed E-state index contributed by atoms with van der Waals surface area (Å²) in [6.07, 6.45) is 0. The van der Waals surface area contributed by atoms with Gasteiger partial charge in [0.2, 0.25) is 5.95 Å². The molecule has 16 heavy (non-hydrogen) atoms. The molecule has 0 aromatic carbocycles.